The van der Waals surface area contributed by atoms with Crippen LogP contribution in [0.25, 0.3) is 16.8 Å². The quantitative estimate of drug-likeness (QED) is 0.447. The summed E-state index contributed by atoms with van der Waals surface area (Å²) in [5, 5.41) is 4.96. The molecule has 6 nitrogen and oxygen atoms in total. The number of nitrogens with one attached hydrogen (secondary N) is 1. The molecule has 0 saturated carbocycles. The van der Waals surface area contributed by atoms with Gasteiger partial charge in [0.05, 0.1) is 6.61 Å². The topological polar surface area (TPSA) is 67.9 Å². The van der Waals surface area contributed by atoms with Crippen LogP contribution in [0.5, 0.6) is 11.5 Å². The molecule has 0 spiro atoms. The number of likely N-dealkylation sites (N-methyl/N-ethyl adjacent to an activating group) is 1. The van der Waals surface area contributed by atoms with Gasteiger partial charge in [-0.25, -0.2) is 4.79 Å². The summed E-state index contributed by atoms with van der Waals surface area (Å²) in [5.41, 5.74) is 2.05. The van der Waals surface area contributed by atoms with Crippen LogP contribution in [0.2, 0.25) is 0 Å². The molecule has 0 aromatic heterocycles. The SMILES string of the molecule is CCOc1cc(/C=C2/NC(=O)N(CC)C2=O)ccc1OCc1ccc2ccccc2c1. The molecule has 3 aromatic rings. The number of urea groups is 1. The summed E-state index contributed by atoms with van der Waals surface area (Å²) in [6.07, 6.45) is 1.64. The lowest BCUT2D eigenvalue weighted by Gasteiger charge is -2.13. The summed E-state index contributed by atoms with van der Waals surface area (Å²) in [7, 11) is 0. The van der Waals surface area contributed by atoms with Crippen LogP contribution in [0.1, 0.15) is 25.0 Å². The lowest BCUT2D eigenvalue weighted by atomic mass is 10.1. The van der Waals surface area contributed by atoms with E-state index in [4.69, 9.17) is 9.47 Å². The van der Waals surface area contributed by atoms with Crippen LogP contribution in [0.4, 0.5) is 4.79 Å². The minimum Gasteiger partial charge on any atom is -0.490 e. The average Bonchev–Trinajstić information content (AvgIpc) is 3.05. The van der Waals surface area contributed by atoms with E-state index in [2.05, 4.69) is 35.6 Å². The molecule has 0 atom stereocenters. The van der Waals surface area contributed by atoms with Crippen LogP contribution >= 0.6 is 0 Å². The molecule has 1 heterocycles. The second-order valence-corrected chi connectivity index (χ2v) is 7.15. The summed E-state index contributed by atoms with van der Waals surface area (Å²) in [6.45, 7) is 4.87. The molecule has 3 amide bonds. The first-order valence-corrected chi connectivity index (χ1v) is 10.3. The third kappa shape index (κ3) is 4.38. The summed E-state index contributed by atoms with van der Waals surface area (Å²) >= 11 is 0. The predicted octanol–water partition coefficient (Wildman–Crippen LogP) is 4.73. The van der Waals surface area contributed by atoms with Crippen molar-refractivity contribution in [3.8, 4) is 11.5 Å². The molecule has 0 aliphatic carbocycles. The first-order chi connectivity index (χ1) is 15.1. The van der Waals surface area contributed by atoms with Crippen LogP contribution < -0.4 is 14.8 Å². The largest absolute Gasteiger partial charge is 0.490 e. The third-order valence-corrected chi connectivity index (χ3v) is 5.07. The van der Waals surface area contributed by atoms with Crippen LogP contribution in [0.3, 0.4) is 0 Å². The fourth-order valence-corrected chi connectivity index (χ4v) is 3.52. The minimum absolute atomic E-state index is 0.249. The Morgan fingerprint density at radius 3 is 2.45 bits per heavy atom. The molecule has 1 aliphatic heterocycles. The van der Waals surface area contributed by atoms with Gasteiger partial charge in [-0.2, -0.15) is 0 Å². The molecule has 4 rings (SSSR count). The van der Waals surface area contributed by atoms with Crippen molar-refractivity contribution >= 4 is 28.8 Å². The summed E-state index contributed by atoms with van der Waals surface area (Å²) < 4.78 is 11.8. The second-order valence-electron chi connectivity index (χ2n) is 7.15. The molecule has 1 fully saturated rings. The van der Waals surface area contributed by atoms with Crippen molar-refractivity contribution in [3.63, 3.8) is 0 Å². The van der Waals surface area contributed by atoms with Crippen molar-refractivity contribution < 1.29 is 19.1 Å². The average molecular weight is 416 g/mol. The Hall–Kier alpha value is -3.80. The smallest absolute Gasteiger partial charge is 0.328 e. The van der Waals surface area contributed by atoms with E-state index in [0.717, 1.165) is 16.0 Å². The molecule has 158 valence electrons. The van der Waals surface area contributed by atoms with Gasteiger partial charge in [-0.05, 0) is 60.0 Å². The number of carbonyl (C=O) groups excluding carboxylic acids is 2. The summed E-state index contributed by atoms with van der Waals surface area (Å²) in [5.74, 6) is 0.873. The van der Waals surface area contributed by atoms with Gasteiger partial charge in [-0.15, -0.1) is 0 Å². The Bertz CT molecular complexity index is 1170. The molecule has 1 aliphatic rings. The maximum absolute atomic E-state index is 12.3. The number of carbonyl (C=O) groups is 2. The molecule has 31 heavy (non-hydrogen) atoms. The number of benzene rings is 3. The van der Waals surface area contributed by atoms with Crippen molar-refractivity contribution in [1.82, 2.24) is 10.2 Å². The van der Waals surface area contributed by atoms with E-state index >= 15 is 0 Å². The zero-order valence-electron chi connectivity index (χ0n) is 17.6. The highest BCUT2D eigenvalue weighted by molar-refractivity contribution is 6.13. The highest BCUT2D eigenvalue weighted by Gasteiger charge is 2.32. The van der Waals surface area contributed by atoms with E-state index in [1.807, 2.05) is 31.2 Å². The van der Waals surface area contributed by atoms with Gasteiger partial charge < -0.3 is 14.8 Å². The predicted molar refractivity (Wildman–Crippen MR) is 120 cm³/mol. The standard InChI is InChI=1S/C25H24N2O4/c1-3-27-24(28)21(26-25(27)29)14-17-10-12-22(23(15-17)30-4-2)31-16-18-9-11-19-7-5-6-8-20(19)13-18/h5-15H,3-4,16H2,1-2H3,(H,26,29)/b21-14+. The fourth-order valence-electron chi connectivity index (χ4n) is 3.52. The van der Waals surface area contributed by atoms with E-state index in [1.165, 1.54) is 10.8 Å². The van der Waals surface area contributed by atoms with Crippen LogP contribution in [-0.2, 0) is 11.4 Å². The van der Waals surface area contributed by atoms with E-state index < -0.39 is 6.03 Å². The van der Waals surface area contributed by atoms with Crippen LogP contribution in [-0.4, -0.2) is 30.0 Å². The summed E-state index contributed by atoms with van der Waals surface area (Å²) in [4.78, 5) is 25.3. The van der Waals surface area contributed by atoms with Gasteiger partial charge >= 0.3 is 6.03 Å². The van der Waals surface area contributed by atoms with E-state index in [-0.39, 0.29) is 11.6 Å². The number of hydrogen-bond donors (Lipinski definition) is 1. The molecule has 1 saturated heterocycles. The molecule has 1 N–H and O–H groups in total. The summed E-state index contributed by atoms with van der Waals surface area (Å²) in [6, 6.07) is 19.5. The molecule has 0 unspecified atom stereocenters. The normalized spacial score (nSPS) is 14.9. The molecule has 6 heteroatoms. The first-order valence-electron chi connectivity index (χ1n) is 10.3. The van der Waals surface area contributed by atoms with Gasteiger partial charge in [-0.1, -0.05) is 42.5 Å². The number of ether oxygens (including phenoxy) is 2. The van der Waals surface area contributed by atoms with E-state index in [1.54, 1.807) is 19.1 Å². The number of amides is 3. The highest BCUT2D eigenvalue weighted by atomic mass is 16.5. The van der Waals surface area contributed by atoms with Gasteiger partial charge in [-0.3, -0.25) is 9.69 Å². The van der Waals surface area contributed by atoms with Crippen LogP contribution in [0.15, 0.2) is 66.4 Å². The van der Waals surface area contributed by atoms with E-state index in [9.17, 15) is 9.59 Å². The lowest BCUT2D eigenvalue weighted by molar-refractivity contribution is -0.122. The zero-order chi connectivity index (χ0) is 21.8. The Morgan fingerprint density at radius 1 is 0.903 bits per heavy atom. The molecular formula is C25H24N2O4. The molecular weight excluding hydrogens is 392 g/mol. The Kier molecular flexibility index (Phi) is 5.89. The van der Waals surface area contributed by atoms with Crippen molar-refractivity contribution in [2.75, 3.05) is 13.2 Å². The van der Waals surface area contributed by atoms with Crippen LogP contribution in [0, 0.1) is 0 Å². The maximum Gasteiger partial charge on any atom is 0.328 e. The van der Waals surface area contributed by atoms with Crippen molar-refractivity contribution in [2.24, 2.45) is 0 Å². The van der Waals surface area contributed by atoms with Crippen molar-refractivity contribution in [1.29, 1.82) is 0 Å². The van der Waals surface area contributed by atoms with Gasteiger partial charge in [0.1, 0.15) is 12.3 Å². The van der Waals surface area contributed by atoms with Gasteiger partial charge in [0.2, 0.25) is 0 Å². The third-order valence-electron chi connectivity index (χ3n) is 5.07. The van der Waals surface area contributed by atoms with Gasteiger partial charge in [0.15, 0.2) is 11.5 Å². The highest BCUT2D eigenvalue weighted by Crippen LogP contribution is 2.30. The van der Waals surface area contributed by atoms with E-state index in [0.29, 0.717) is 31.3 Å². The van der Waals surface area contributed by atoms with Crippen molar-refractivity contribution in [3.05, 3.63) is 77.5 Å². The Balaban J connectivity index is 1.53. The second kappa shape index (κ2) is 8.92. The maximum atomic E-state index is 12.3. The molecule has 0 bridgehead atoms. The molecule has 0 radical (unpaired) electrons. The number of rotatable bonds is 7. The number of nitrogens with zero attached hydrogens (tertiary/aromatic N) is 1. The lowest BCUT2D eigenvalue weighted by Crippen LogP contribution is -2.30. The first kappa shape index (κ1) is 20.5. The van der Waals surface area contributed by atoms with Gasteiger partial charge in [0, 0.05) is 6.54 Å². The van der Waals surface area contributed by atoms with Crippen molar-refractivity contribution in [2.45, 2.75) is 20.5 Å². The Labute approximate surface area is 181 Å². The monoisotopic (exact) mass is 416 g/mol. The number of imide groups is 1. The molecule has 3 aromatic carbocycles. The van der Waals surface area contributed by atoms with Gasteiger partial charge in [0.25, 0.3) is 5.91 Å². The minimum atomic E-state index is -0.404. The Morgan fingerprint density at radius 2 is 1.71 bits per heavy atom. The number of fused-ring (bicyclic) bond motifs is 1. The zero-order valence-corrected chi connectivity index (χ0v) is 17.6. The fraction of sp³-hybridized carbons (Fsp3) is 0.200. The number of hydrogen-bond acceptors (Lipinski definition) is 4.